The first kappa shape index (κ1) is 17.5. The number of rotatable bonds is 4. The fourth-order valence-corrected chi connectivity index (χ4v) is 2.32. The maximum Gasteiger partial charge on any atom is 0.262 e. The van der Waals surface area contributed by atoms with Crippen molar-refractivity contribution >= 4 is 29.4 Å². The van der Waals surface area contributed by atoms with Crippen LogP contribution < -0.4 is 10.4 Å². The number of carbonyl (C=O) groups is 1. The molecule has 1 heterocycles. The molecule has 0 saturated heterocycles. The van der Waals surface area contributed by atoms with Gasteiger partial charge in [0.15, 0.2) is 5.82 Å². The topological polar surface area (TPSA) is 69.0 Å². The Kier molecular flexibility index (Phi) is 5.56. The maximum absolute atomic E-state index is 12.1. The fraction of sp³-hybridized carbons (Fsp3) is 0.167. The van der Waals surface area contributed by atoms with Gasteiger partial charge in [-0.3, -0.25) is 15.2 Å². The van der Waals surface area contributed by atoms with E-state index in [1.807, 2.05) is 30.3 Å². The van der Waals surface area contributed by atoms with E-state index in [2.05, 4.69) is 16.5 Å². The Morgan fingerprint density at radius 2 is 2.00 bits per heavy atom. The molecule has 0 aliphatic rings. The number of nitrogens with one attached hydrogen (secondary N) is 1. The summed E-state index contributed by atoms with van der Waals surface area (Å²) in [6.07, 6.45) is 3.13. The Bertz CT molecular complexity index is 825. The minimum Gasteiger partial charge on any atom is -0.270 e. The van der Waals surface area contributed by atoms with E-state index in [4.69, 9.17) is 11.6 Å². The molecule has 2 rings (SSSR count). The molecule has 24 heavy (non-hydrogen) atoms. The molecule has 0 unspecified atom stereocenters. The van der Waals surface area contributed by atoms with E-state index in [1.54, 1.807) is 27.0 Å². The molecule has 0 atom stereocenters. The molecular formula is C18H17ClN4O. The number of benzene rings is 1. The van der Waals surface area contributed by atoms with Crippen LogP contribution in [0.4, 0.5) is 5.82 Å². The highest BCUT2D eigenvalue weighted by Gasteiger charge is 2.17. The summed E-state index contributed by atoms with van der Waals surface area (Å²) < 4.78 is 0. The van der Waals surface area contributed by atoms with E-state index < -0.39 is 0 Å². The molecule has 5 nitrogen and oxygen atoms in total. The summed E-state index contributed by atoms with van der Waals surface area (Å²) in [7, 11) is 1.63. The van der Waals surface area contributed by atoms with Gasteiger partial charge in [-0.05, 0) is 31.1 Å². The first-order valence-corrected chi connectivity index (χ1v) is 7.66. The van der Waals surface area contributed by atoms with Crippen LogP contribution in [0.3, 0.4) is 0 Å². The van der Waals surface area contributed by atoms with Crippen LogP contribution in [-0.2, 0) is 4.79 Å². The Morgan fingerprint density at radius 1 is 1.33 bits per heavy atom. The summed E-state index contributed by atoms with van der Waals surface area (Å²) >= 11 is 6.13. The van der Waals surface area contributed by atoms with Crippen LogP contribution in [0.1, 0.15) is 22.4 Å². The lowest BCUT2D eigenvalue weighted by atomic mass is 10.1. The van der Waals surface area contributed by atoms with Gasteiger partial charge in [0.25, 0.3) is 5.91 Å². The van der Waals surface area contributed by atoms with E-state index in [0.717, 1.165) is 5.56 Å². The molecule has 1 aromatic heterocycles. The standard InChI is InChI=1S/C18H17ClN4O/c1-12-15(11-20)18(21-13(2)17(12)19)23(3)22-16(24)10-9-14-7-5-4-6-8-14/h4-10H,1-3H3,(H,22,24)/b10-9+. The number of aromatic nitrogens is 1. The Hall–Kier alpha value is -2.84. The molecule has 0 spiro atoms. The summed E-state index contributed by atoms with van der Waals surface area (Å²) in [4.78, 5) is 16.4. The second kappa shape index (κ2) is 7.62. The highest BCUT2D eigenvalue weighted by Crippen LogP contribution is 2.27. The quantitative estimate of drug-likeness (QED) is 0.684. The summed E-state index contributed by atoms with van der Waals surface area (Å²) in [5.41, 5.74) is 5.16. The molecule has 1 amide bonds. The number of hydrogen-bond donors (Lipinski definition) is 1. The number of halogens is 1. The third-order valence-electron chi connectivity index (χ3n) is 3.45. The smallest absolute Gasteiger partial charge is 0.262 e. The van der Waals surface area contributed by atoms with Crippen molar-refractivity contribution in [2.75, 3.05) is 12.1 Å². The number of nitrogens with zero attached hydrogens (tertiary/aromatic N) is 3. The second-order valence-electron chi connectivity index (χ2n) is 5.23. The van der Waals surface area contributed by atoms with Gasteiger partial charge in [0.05, 0.1) is 10.7 Å². The van der Waals surface area contributed by atoms with Gasteiger partial charge in [0, 0.05) is 13.1 Å². The highest BCUT2D eigenvalue weighted by molar-refractivity contribution is 6.32. The average molecular weight is 341 g/mol. The number of hydrogen-bond acceptors (Lipinski definition) is 4. The molecule has 0 aliphatic heterocycles. The Balaban J connectivity index is 2.18. The summed E-state index contributed by atoms with van der Waals surface area (Å²) in [6, 6.07) is 11.6. The van der Waals surface area contributed by atoms with E-state index in [1.165, 1.54) is 11.1 Å². The number of pyridine rings is 1. The van der Waals surface area contributed by atoms with Gasteiger partial charge >= 0.3 is 0 Å². The molecule has 1 N–H and O–H groups in total. The van der Waals surface area contributed by atoms with E-state index in [9.17, 15) is 10.1 Å². The average Bonchev–Trinajstić information content (AvgIpc) is 2.58. The molecule has 2 aromatic rings. The molecule has 1 aromatic carbocycles. The number of hydrazine groups is 1. The normalized spacial score (nSPS) is 10.5. The van der Waals surface area contributed by atoms with Gasteiger partial charge in [-0.1, -0.05) is 41.9 Å². The molecule has 0 bridgehead atoms. The lowest BCUT2D eigenvalue weighted by Gasteiger charge is -2.21. The lowest BCUT2D eigenvalue weighted by molar-refractivity contribution is -0.116. The van der Waals surface area contributed by atoms with Crippen molar-refractivity contribution in [3.63, 3.8) is 0 Å². The van der Waals surface area contributed by atoms with E-state index in [0.29, 0.717) is 27.7 Å². The molecule has 0 fully saturated rings. The summed E-state index contributed by atoms with van der Waals surface area (Å²) in [6.45, 7) is 3.51. The summed E-state index contributed by atoms with van der Waals surface area (Å²) in [5, 5.41) is 11.2. The second-order valence-corrected chi connectivity index (χ2v) is 5.60. The van der Waals surface area contributed by atoms with Crippen molar-refractivity contribution in [1.82, 2.24) is 10.4 Å². The van der Waals surface area contributed by atoms with Gasteiger partial charge in [0.2, 0.25) is 0 Å². The van der Waals surface area contributed by atoms with Crippen LogP contribution in [0, 0.1) is 25.2 Å². The number of amides is 1. The van der Waals surface area contributed by atoms with Gasteiger partial charge < -0.3 is 0 Å². The number of anilines is 1. The maximum atomic E-state index is 12.1. The minimum atomic E-state index is -0.322. The van der Waals surface area contributed by atoms with Crippen LogP contribution in [0.5, 0.6) is 0 Å². The molecular weight excluding hydrogens is 324 g/mol. The number of nitriles is 1. The van der Waals surface area contributed by atoms with Gasteiger partial charge in [-0.15, -0.1) is 0 Å². The molecule has 0 aliphatic carbocycles. The first-order chi connectivity index (χ1) is 11.4. The van der Waals surface area contributed by atoms with Crippen molar-refractivity contribution in [3.05, 3.63) is 63.8 Å². The van der Waals surface area contributed by atoms with Crippen molar-refractivity contribution in [3.8, 4) is 6.07 Å². The minimum absolute atomic E-state index is 0.322. The monoisotopic (exact) mass is 340 g/mol. The van der Waals surface area contributed by atoms with E-state index >= 15 is 0 Å². The predicted molar refractivity (Wildman–Crippen MR) is 95.5 cm³/mol. The predicted octanol–water partition coefficient (Wildman–Crippen LogP) is 3.40. The molecule has 122 valence electrons. The third-order valence-corrected chi connectivity index (χ3v) is 4.01. The fourth-order valence-electron chi connectivity index (χ4n) is 2.18. The first-order valence-electron chi connectivity index (χ1n) is 7.28. The van der Waals surface area contributed by atoms with Crippen molar-refractivity contribution in [2.45, 2.75) is 13.8 Å². The molecule has 0 radical (unpaired) electrons. The van der Waals surface area contributed by atoms with E-state index in [-0.39, 0.29) is 5.91 Å². The SMILES string of the molecule is Cc1nc(N(C)NC(=O)/C=C/c2ccccc2)c(C#N)c(C)c1Cl. The van der Waals surface area contributed by atoms with Gasteiger partial charge in [-0.2, -0.15) is 5.26 Å². The highest BCUT2D eigenvalue weighted by atomic mass is 35.5. The Morgan fingerprint density at radius 3 is 2.62 bits per heavy atom. The summed E-state index contributed by atoms with van der Waals surface area (Å²) in [5.74, 6) is 0.0376. The van der Waals surface area contributed by atoms with Gasteiger partial charge in [-0.25, -0.2) is 4.98 Å². The molecule has 6 heteroatoms. The van der Waals surface area contributed by atoms with Crippen molar-refractivity contribution < 1.29 is 4.79 Å². The van der Waals surface area contributed by atoms with Crippen LogP contribution in [-0.4, -0.2) is 17.9 Å². The zero-order valence-electron chi connectivity index (χ0n) is 13.7. The Labute approximate surface area is 146 Å². The number of aryl methyl sites for hydroxylation is 1. The third kappa shape index (κ3) is 3.92. The van der Waals surface area contributed by atoms with Crippen molar-refractivity contribution in [1.29, 1.82) is 5.26 Å². The van der Waals surface area contributed by atoms with Crippen molar-refractivity contribution in [2.24, 2.45) is 0 Å². The van der Waals surface area contributed by atoms with Gasteiger partial charge in [0.1, 0.15) is 11.6 Å². The van der Waals surface area contributed by atoms with Crippen LogP contribution in [0.2, 0.25) is 5.02 Å². The zero-order chi connectivity index (χ0) is 17.7. The molecule has 0 saturated carbocycles. The lowest BCUT2D eigenvalue weighted by Crippen LogP contribution is -2.39. The van der Waals surface area contributed by atoms with Crippen LogP contribution in [0.15, 0.2) is 36.4 Å². The number of carbonyl (C=O) groups excluding carboxylic acids is 1. The van der Waals surface area contributed by atoms with Crippen LogP contribution in [0.25, 0.3) is 6.08 Å². The van der Waals surface area contributed by atoms with Crippen LogP contribution >= 0.6 is 11.6 Å². The largest absolute Gasteiger partial charge is 0.270 e. The zero-order valence-corrected chi connectivity index (χ0v) is 14.4.